The zero-order valence-electron chi connectivity index (χ0n) is 14.7. The molecule has 1 amide bonds. The molecule has 2 N–H and O–H groups in total. The summed E-state index contributed by atoms with van der Waals surface area (Å²) in [6.45, 7) is 9.42. The first kappa shape index (κ1) is 17.9. The number of aryl methyl sites for hydroxylation is 1. The van der Waals surface area contributed by atoms with Crippen LogP contribution in [0.25, 0.3) is 11.0 Å². The molecule has 2 rings (SSSR count). The standard InChI is InChI=1S/C17H24N4O3/c1-6-11(5)21-15-13(8-18-21)12(7-10(4)19-15)16(22)20-14(9(2)3)17(23)24/h7-9,11,14H,6H2,1-5H3,(H,20,22)(H,23,24)/t11?,14-/m0/s1. The number of aliphatic carboxylic acids is 1. The number of fused-ring (bicyclic) bond motifs is 1. The van der Waals surface area contributed by atoms with Gasteiger partial charge in [0.1, 0.15) is 6.04 Å². The minimum atomic E-state index is -1.05. The van der Waals surface area contributed by atoms with Crippen LogP contribution in [0, 0.1) is 12.8 Å². The number of hydrogen-bond donors (Lipinski definition) is 2. The minimum absolute atomic E-state index is 0.162. The Kier molecular flexibility index (Phi) is 5.21. The Morgan fingerprint density at radius 2 is 2.00 bits per heavy atom. The molecule has 24 heavy (non-hydrogen) atoms. The van der Waals surface area contributed by atoms with Crippen molar-refractivity contribution in [1.29, 1.82) is 0 Å². The molecule has 0 aliphatic carbocycles. The summed E-state index contributed by atoms with van der Waals surface area (Å²) in [6.07, 6.45) is 2.51. The van der Waals surface area contributed by atoms with Crippen LogP contribution in [-0.4, -0.2) is 37.8 Å². The Bertz CT molecular complexity index is 767. The number of nitrogens with zero attached hydrogens (tertiary/aromatic N) is 3. The van der Waals surface area contributed by atoms with Gasteiger partial charge in [0, 0.05) is 5.69 Å². The summed E-state index contributed by atoms with van der Waals surface area (Å²) in [5.74, 6) is -1.68. The molecular formula is C17H24N4O3. The number of rotatable bonds is 6. The van der Waals surface area contributed by atoms with Gasteiger partial charge in [-0.3, -0.25) is 4.79 Å². The minimum Gasteiger partial charge on any atom is -0.480 e. The second-order valence-electron chi connectivity index (χ2n) is 6.43. The summed E-state index contributed by atoms with van der Waals surface area (Å²) in [5, 5.41) is 16.9. The van der Waals surface area contributed by atoms with Gasteiger partial charge in [-0.1, -0.05) is 20.8 Å². The van der Waals surface area contributed by atoms with E-state index in [9.17, 15) is 14.7 Å². The number of pyridine rings is 1. The van der Waals surface area contributed by atoms with E-state index < -0.39 is 17.9 Å². The van der Waals surface area contributed by atoms with Gasteiger partial charge in [0.15, 0.2) is 5.65 Å². The Balaban J connectivity index is 2.47. The average Bonchev–Trinajstić information content (AvgIpc) is 2.93. The number of nitrogens with one attached hydrogen (secondary N) is 1. The van der Waals surface area contributed by atoms with E-state index in [0.717, 1.165) is 6.42 Å². The first-order chi connectivity index (χ1) is 11.3. The predicted octanol–water partition coefficient (Wildman–Crippen LogP) is 2.55. The van der Waals surface area contributed by atoms with Crippen molar-refractivity contribution < 1.29 is 14.7 Å². The van der Waals surface area contributed by atoms with E-state index in [2.05, 4.69) is 22.3 Å². The van der Waals surface area contributed by atoms with Crippen molar-refractivity contribution in [3.63, 3.8) is 0 Å². The molecule has 0 radical (unpaired) electrons. The van der Waals surface area contributed by atoms with Gasteiger partial charge in [-0.25, -0.2) is 14.5 Å². The molecule has 1 unspecified atom stereocenters. The first-order valence-corrected chi connectivity index (χ1v) is 8.14. The van der Waals surface area contributed by atoms with Gasteiger partial charge in [0.2, 0.25) is 0 Å². The van der Waals surface area contributed by atoms with E-state index in [0.29, 0.717) is 22.3 Å². The van der Waals surface area contributed by atoms with Crippen LogP contribution < -0.4 is 5.32 Å². The second kappa shape index (κ2) is 6.98. The largest absolute Gasteiger partial charge is 0.480 e. The van der Waals surface area contributed by atoms with Crippen LogP contribution in [0.15, 0.2) is 12.3 Å². The number of carboxylic acid groups (broad SMARTS) is 1. The van der Waals surface area contributed by atoms with Crippen LogP contribution in [0.1, 0.15) is 56.2 Å². The third kappa shape index (κ3) is 3.39. The van der Waals surface area contributed by atoms with Gasteiger partial charge in [0.05, 0.1) is 23.2 Å². The molecule has 7 nitrogen and oxygen atoms in total. The summed E-state index contributed by atoms with van der Waals surface area (Å²) < 4.78 is 1.80. The zero-order valence-corrected chi connectivity index (χ0v) is 14.7. The highest BCUT2D eigenvalue weighted by molar-refractivity contribution is 6.06. The van der Waals surface area contributed by atoms with Crippen molar-refractivity contribution in [2.75, 3.05) is 0 Å². The third-order valence-corrected chi connectivity index (χ3v) is 4.17. The number of carbonyl (C=O) groups is 2. The Morgan fingerprint density at radius 1 is 1.33 bits per heavy atom. The van der Waals surface area contributed by atoms with E-state index in [1.54, 1.807) is 37.7 Å². The molecule has 130 valence electrons. The van der Waals surface area contributed by atoms with Crippen molar-refractivity contribution in [3.05, 3.63) is 23.5 Å². The Hall–Kier alpha value is -2.44. The molecule has 0 saturated heterocycles. The highest BCUT2D eigenvalue weighted by Gasteiger charge is 2.25. The molecule has 0 aromatic carbocycles. The molecule has 0 saturated carbocycles. The normalized spacial score (nSPS) is 13.9. The average molecular weight is 332 g/mol. The maximum Gasteiger partial charge on any atom is 0.326 e. The van der Waals surface area contributed by atoms with Crippen molar-refractivity contribution in [2.45, 2.75) is 53.1 Å². The molecule has 0 fully saturated rings. The molecule has 7 heteroatoms. The van der Waals surface area contributed by atoms with E-state index in [1.807, 2.05) is 6.92 Å². The van der Waals surface area contributed by atoms with Gasteiger partial charge < -0.3 is 10.4 Å². The van der Waals surface area contributed by atoms with Gasteiger partial charge in [-0.15, -0.1) is 0 Å². The lowest BCUT2D eigenvalue weighted by Crippen LogP contribution is -2.44. The lowest BCUT2D eigenvalue weighted by atomic mass is 10.0. The summed E-state index contributed by atoms with van der Waals surface area (Å²) in [4.78, 5) is 28.5. The molecule has 2 atom stereocenters. The second-order valence-corrected chi connectivity index (χ2v) is 6.43. The molecule has 0 aliphatic heterocycles. The van der Waals surface area contributed by atoms with Crippen LogP contribution in [0.4, 0.5) is 0 Å². The van der Waals surface area contributed by atoms with Crippen LogP contribution in [-0.2, 0) is 4.79 Å². The van der Waals surface area contributed by atoms with Gasteiger partial charge in [-0.05, 0) is 32.3 Å². The highest BCUT2D eigenvalue weighted by atomic mass is 16.4. The number of aromatic nitrogens is 3. The third-order valence-electron chi connectivity index (χ3n) is 4.17. The maximum absolute atomic E-state index is 12.6. The molecule has 0 spiro atoms. The van der Waals surface area contributed by atoms with Crippen molar-refractivity contribution in [3.8, 4) is 0 Å². The van der Waals surface area contributed by atoms with Crippen molar-refractivity contribution >= 4 is 22.9 Å². The molecule has 0 bridgehead atoms. The van der Waals surface area contributed by atoms with Gasteiger partial charge >= 0.3 is 5.97 Å². The number of carboxylic acids is 1. The van der Waals surface area contributed by atoms with E-state index in [1.165, 1.54) is 0 Å². The summed E-state index contributed by atoms with van der Waals surface area (Å²) >= 11 is 0. The molecule has 2 aromatic heterocycles. The van der Waals surface area contributed by atoms with Crippen molar-refractivity contribution in [2.24, 2.45) is 5.92 Å². The number of hydrogen-bond acceptors (Lipinski definition) is 4. The van der Waals surface area contributed by atoms with Crippen LogP contribution in [0.3, 0.4) is 0 Å². The van der Waals surface area contributed by atoms with E-state index in [4.69, 9.17) is 0 Å². The van der Waals surface area contributed by atoms with E-state index >= 15 is 0 Å². The smallest absolute Gasteiger partial charge is 0.326 e. The Morgan fingerprint density at radius 3 is 2.54 bits per heavy atom. The highest BCUT2D eigenvalue weighted by Crippen LogP contribution is 2.22. The first-order valence-electron chi connectivity index (χ1n) is 8.14. The lowest BCUT2D eigenvalue weighted by molar-refractivity contribution is -0.140. The quantitative estimate of drug-likeness (QED) is 0.847. The number of carbonyl (C=O) groups excluding carboxylic acids is 1. The fourth-order valence-electron chi connectivity index (χ4n) is 2.56. The summed E-state index contributed by atoms with van der Waals surface area (Å²) in [6, 6.07) is 0.889. The SMILES string of the molecule is CCC(C)n1ncc2c(C(=O)N[C@H](C(=O)O)C(C)C)cc(C)nc21. The monoisotopic (exact) mass is 332 g/mol. The van der Waals surface area contributed by atoms with Crippen LogP contribution in [0.2, 0.25) is 0 Å². The fourth-order valence-corrected chi connectivity index (χ4v) is 2.56. The molecule has 0 aliphatic rings. The molecule has 2 aromatic rings. The zero-order chi connectivity index (χ0) is 18.0. The van der Waals surface area contributed by atoms with Crippen molar-refractivity contribution in [1.82, 2.24) is 20.1 Å². The van der Waals surface area contributed by atoms with Crippen LogP contribution in [0.5, 0.6) is 0 Å². The van der Waals surface area contributed by atoms with Gasteiger partial charge in [-0.2, -0.15) is 5.10 Å². The van der Waals surface area contributed by atoms with Gasteiger partial charge in [0.25, 0.3) is 5.91 Å². The fraction of sp³-hybridized carbons (Fsp3) is 0.529. The molecular weight excluding hydrogens is 308 g/mol. The molecule has 2 heterocycles. The maximum atomic E-state index is 12.6. The summed E-state index contributed by atoms with van der Waals surface area (Å²) in [7, 11) is 0. The van der Waals surface area contributed by atoms with Crippen LogP contribution >= 0.6 is 0 Å². The predicted molar refractivity (Wildman–Crippen MR) is 91.0 cm³/mol. The Labute approximate surface area is 141 Å². The van der Waals surface area contributed by atoms with E-state index in [-0.39, 0.29) is 12.0 Å². The summed E-state index contributed by atoms with van der Waals surface area (Å²) in [5.41, 5.74) is 1.74. The topological polar surface area (TPSA) is 97.1 Å². The number of amides is 1. The lowest BCUT2D eigenvalue weighted by Gasteiger charge is -2.18.